The molecular weight excluding hydrogens is 168 g/mol. The van der Waals surface area contributed by atoms with E-state index in [-0.39, 0.29) is 0 Å². The van der Waals surface area contributed by atoms with Crippen molar-refractivity contribution < 1.29 is 0 Å². The van der Waals surface area contributed by atoms with E-state index in [4.69, 9.17) is 0 Å². The Balaban J connectivity index is 2.25. The molecule has 0 heteroatoms. The second-order valence-electron chi connectivity index (χ2n) is 4.01. The summed E-state index contributed by atoms with van der Waals surface area (Å²) in [6.45, 7) is 6.18. The SMILES string of the molecule is [CH2]CCCCCC(C)c1ccccc1. The molecule has 0 saturated carbocycles. The lowest BCUT2D eigenvalue weighted by atomic mass is 9.95. The van der Waals surface area contributed by atoms with Crippen molar-refractivity contribution in [1.29, 1.82) is 0 Å². The summed E-state index contributed by atoms with van der Waals surface area (Å²) in [4.78, 5) is 0. The smallest absolute Gasteiger partial charge is 0.0190 e. The molecular formula is C14H21. The molecule has 0 aliphatic rings. The van der Waals surface area contributed by atoms with Crippen LogP contribution in [-0.2, 0) is 0 Å². The lowest BCUT2D eigenvalue weighted by Gasteiger charge is -2.10. The fourth-order valence-corrected chi connectivity index (χ4v) is 1.75. The largest absolute Gasteiger partial charge is 0.0622 e. The van der Waals surface area contributed by atoms with Crippen molar-refractivity contribution in [2.45, 2.75) is 44.9 Å². The van der Waals surface area contributed by atoms with Gasteiger partial charge in [-0.2, -0.15) is 0 Å². The van der Waals surface area contributed by atoms with Crippen LogP contribution in [0.5, 0.6) is 0 Å². The van der Waals surface area contributed by atoms with Crippen LogP contribution >= 0.6 is 0 Å². The maximum atomic E-state index is 3.86. The summed E-state index contributed by atoms with van der Waals surface area (Å²) in [5, 5.41) is 0. The predicted molar refractivity (Wildman–Crippen MR) is 63.3 cm³/mol. The first-order valence-corrected chi connectivity index (χ1v) is 5.68. The zero-order chi connectivity index (χ0) is 10.2. The van der Waals surface area contributed by atoms with Gasteiger partial charge in [0.05, 0.1) is 0 Å². The molecule has 0 spiro atoms. The van der Waals surface area contributed by atoms with Crippen LogP contribution in [0.3, 0.4) is 0 Å². The lowest BCUT2D eigenvalue weighted by molar-refractivity contribution is 0.587. The number of rotatable bonds is 6. The Morgan fingerprint density at radius 2 is 1.79 bits per heavy atom. The first-order valence-electron chi connectivity index (χ1n) is 5.68. The van der Waals surface area contributed by atoms with Crippen molar-refractivity contribution in [2.24, 2.45) is 0 Å². The van der Waals surface area contributed by atoms with Crippen molar-refractivity contribution in [2.75, 3.05) is 0 Å². The molecule has 1 radical (unpaired) electrons. The molecule has 0 N–H and O–H groups in total. The van der Waals surface area contributed by atoms with Gasteiger partial charge in [-0.05, 0) is 17.9 Å². The Labute approximate surface area is 88.4 Å². The summed E-state index contributed by atoms with van der Waals surface area (Å²) >= 11 is 0. The summed E-state index contributed by atoms with van der Waals surface area (Å²) in [6, 6.07) is 10.8. The fourth-order valence-electron chi connectivity index (χ4n) is 1.75. The van der Waals surface area contributed by atoms with E-state index >= 15 is 0 Å². The van der Waals surface area contributed by atoms with E-state index in [9.17, 15) is 0 Å². The highest BCUT2D eigenvalue weighted by Crippen LogP contribution is 2.21. The Kier molecular flexibility index (Phi) is 5.36. The average Bonchev–Trinajstić information content (AvgIpc) is 2.25. The second kappa shape index (κ2) is 6.64. The predicted octanol–water partition coefficient (Wildman–Crippen LogP) is 4.57. The molecule has 0 bridgehead atoms. The molecule has 0 aromatic heterocycles. The van der Waals surface area contributed by atoms with Crippen LogP contribution in [0.1, 0.15) is 50.5 Å². The zero-order valence-electron chi connectivity index (χ0n) is 9.21. The number of benzene rings is 1. The summed E-state index contributed by atoms with van der Waals surface area (Å²) in [5.74, 6) is 0.709. The molecule has 1 aromatic carbocycles. The molecule has 77 valence electrons. The van der Waals surface area contributed by atoms with Crippen molar-refractivity contribution in [3.8, 4) is 0 Å². The van der Waals surface area contributed by atoms with Crippen LogP contribution in [0, 0.1) is 6.92 Å². The Bertz CT molecular complexity index is 225. The molecule has 1 atom stereocenters. The van der Waals surface area contributed by atoms with Crippen molar-refractivity contribution >= 4 is 0 Å². The van der Waals surface area contributed by atoms with Crippen LogP contribution < -0.4 is 0 Å². The molecule has 0 amide bonds. The van der Waals surface area contributed by atoms with E-state index in [1.54, 1.807) is 0 Å². The molecule has 1 unspecified atom stereocenters. The van der Waals surface area contributed by atoms with E-state index in [2.05, 4.69) is 44.2 Å². The molecule has 1 aromatic rings. The van der Waals surface area contributed by atoms with Crippen LogP contribution in [0.2, 0.25) is 0 Å². The second-order valence-corrected chi connectivity index (χ2v) is 4.01. The number of hydrogen-bond acceptors (Lipinski definition) is 0. The standard InChI is InChI=1S/C14H21/c1-3-4-5-7-10-13(2)14-11-8-6-9-12-14/h6,8-9,11-13H,1,3-5,7,10H2,2H3. The maximum absolute atomic E-state index is 3.86. The zero-order valence-corrected chi connectivity index (χ0v) is 9.21. The topological polar surface area (TPSA) is 0 Å². The molecule has 0 aliphatic carbocycles. The van der Waals surface area contributed by atoms with Crippen LogP contribution in [0.4, 0.5) is 0 Å². The number of unbranched alkanes of at least 4 members (excludes halogenated alkanes) is 3. The quantitative estimate of drug-likeness (QED) is 0.575. The van der Waals surface area contributed by atoms with Gasteiger partial charge in [-0.3, -0.25) is 0 Å². The van der Waals surface area contributed by atoms with Gasteiger partial charge in [0.2, 0.25) is 0 Å². The highest BCUT2D eigenvalue weighted by Gasteiger charge is 2.03. The minimum atomic E-state index is 0.709. The summed E-state index contributed by atoms with van der Waals surface area (Å²) < 4.78 is 0. The highest BCUT2D eigenvalue weighted by molar-refractivity contribution is 5.18. The third-order valence-electron chi connectivity index (χ3n) is 2.76. The minimum absolute atomic E-state index is 0.709. The monoisotopic (exact) mass is 189 g/mol. The van der Waals surface area contributed by atoms with Gasteiger partial charge < -0.3 is 0 Å². The molecule has 0 heterocycles. The Hall–Kier alpha value is -0.780. The average molecular weight is 189 g/mol. The van der Waals surface area contributed by atoms with Gasteiger partial charge in [0.1, 0.15) is 0 Å². The van der Waals surface area contributed by atoms with Crippen molar-refractivity contribution in [1.82, 2.24) is 0 Å². The van der Waals surface area contributed by atoms with Gasteiger partial charge in [-0.1, -0.05) is 69.9 Å². The molecule has 0 nitrogen and oxygen atoms in total. The molecule has 0 saturated heterocycles. The van der Waals surface area contributed by atoms with Crippen molar-refractivity contribution in [3.63, 3.8) is 0 Å². The van der Waals surface area contributed by atoms with E-state index < -0.39 is 0 Å². The van der Waals surface area contributed by atoms with Crippen molar-refractivity contribution in [3.05, 3.63) is 42.8 Å². The lowest BCUT2D eigenvalue weighted by Crippen LogP contribution is -1.92. The molecule has 0 aliphatic heterocycles. The van der Waals surface area contributed by atoms with E-state index in [1.165, 1.54) is 31.2 Å². The van der Waals surface area contributed by atoms with Gasteiger partial charge >= 0.3 is 0 Å². The van der Waals surface area contributed by atoms with Gasteiger partial charge in [0.15, 0.2) is 0 Å². The van der Waals surface area contributed by atoms with E-state index in [1.807, 2.05) is 0 Å². The van der Waals surface area contributed by atoms with E-state index in [0.717, 1.165) is 6.42 Å². The van der Waals surface area contributed by atoms with Gasteiger partial charge in [0.25, 0.3) is 0 Å². The summed E-state index contributed by atoms with van der Waals surface area (Å²) in [5.41, 5.74) is 1.47. The molecule has 0 fully saturated rings. The normalized spacial score (nSPS) is 12.7. The summed E-state index contributed by atoms with van der Waals surface area (Å²) in [7, 11) is 0. The van der Waals surface area contributed by atoms with Crippen LogP contribution in [0.15, 0.2) is 30.3 Å². The number of hydrogen-bond donors (Lipinski definition) is 0. The van der Waals surface area contributed by atoms with Gasteiger partial charge in [-0.25, -0.2) is 0 Å². The van der Waals surface area contributed by atoms with Crippen LogP contribution in [0.25, 0.3) is 0 Å². The maximum Gasteiger partial charge on any atom is -0.0190 e. The first kappa shape index (κ1) is 11.3. The van der Waals surface area contributed by atoms with Gasteiger partial charge in [0, 0.05) is 0 Å². The summed E-state index contributed by atoms with van der Waals surface area (Å²) in [6.07, 6.45) is 6.34. The first-order chi connectivity index (χ1) is 6.84. The van der Waals surface area contributed by atoms with Gasteiger partial charge in [-0.15, -0.1) is 0 Å². The van der Waals surface area contributed by atoms with E-state index in [0.29, 0.717) is 5.92 Å². The highest BCUT2D eigenvalue weighted by atomic mass is 14.1. The molecule has 1 rings (SSSR count). The Morgan fingerprint density at radius 1 is 1.07 bits per heavy atom. The fraction of sp³-hybridized carbons (Fsp3) is 0.500. The van der Waals surface area contributed by atoms with Crippen LogP contribution in [-0.4, -0.2) is 0 Å². The third-order valence-corrected chi connectivity index (χ3v) is 2.76. The third kappa shape index (κ3) is 3.95. The molecule has 14 heavy (non-hydrogen) atoms. The Morgan fingerprint density at radius 3 is 2.43 bits per heavy atom. The minimum Gasteiger partial charge on any atom is -0.0622 e.